The number of hydrogen-bond acceptors (Lipinski definition) is 3. The van der Waals surface area contributed by atoms with Crippen LogP contribution in [0, 0.1) is 17.7 Å². The van der Waals surface area contributed by atoms with Gasteiger partial charge in [0.1, 0.15) is 5.82 Å². The van der Waals surface area contributed by atoms with Gasteiger partial charge < -0.3 is 5.11 Å². The highest BCUT2D eigenvalue weighted by atomic mass is 32.2. The molecule has 0 aliphatic carbocycles. The van der Waals surface area contributed by atoms with Crippen molar-refractivity contribution in [3.05, 3.63) is 35.1 Å². The molecule has 0 aliphatic heterocycles. The smallest absolute Gasteiger partial charge is 0.186 e. The SMILES string of the molecule is CC(=O)SCC#Cc1ccc(CO)c(F)c1. The first kappa shape index (κ1) is 12.8. The Morgan fingerprint density at radius 1 is 1.56 bits per heavy atom. The number of rotatable bonds is 2. The number of aliphatic hydroxyl groups excluding tert-OH is 1. The van der Waals surface area contributed by atoms with Gasteiger partial charge in [0.15, 0.2) is 5.12 Å². The lowest BCUT2D eigenvalue weighted by molar-refractivity contribution is -0.109. The summed E-state index contributed by atoms with van der Waals surface area (Å²) in [6.07, 6.45) is 0. The molecule has 2 nitrogen and oxygen atoms in total. The van der Waals surface area contributed by atoms with Crippen molar-refractivity contribution in [3.63, 3.8) is 0 Å². The van der Waals surface area contributed by atoms with E-state index in [2.05, 4.69) is 11.8 Å². The minimum Gasteiger partial charge on any atom is -0.392 e. The second-order valence-electron chi connectivity index (χ2n) is 3.05. The molecule has 4 heteroatoms. The van der Waals surface area contributed by atoms with E-state index < -0.39 is 5.82 Å². The Morgan fingerprint density at radius 3 is 2.88 bits per heavy atom. The van der Waals surface area contributed by atoms with Crippen LogP contribution in [0.1, 0.15) is 18.1 Å². The molecule has 0 heterocycles. The molecule has 0 fully saturated rings. The molecule has 0 saturated carbocycles. The lowest BCUT2D eigenvalue weighted by atomic mass is 10.1. The zero-order valence-corrected chi connectivity index (χ0v) is 9.60. The molecule has 0 aromatic heterocycles. The van der Waals surface area contributed by atoms with Crippen molar-refractivity contribution in [2.24, 2.45) is 0 Å². The van der Waals surface area contributed by atoms with Gasteiger partial charge in [0.25, 0.3) is 0 Å². The maximum Gasteiger partial charge on any atom is 0.186 e. The van der Waals surface area contributed by atoms with Gasteiger partial charge in [-0.05, 0) is 12.1 Å². The van der Waals surface area contributed by atoms with Crippen molar-refractivity contribution >= 4 is 16.9 Å². The van der Waals surface area contributed by atoms with Crippen LogP contribution in [0.25, 0.3) is 0 Å². The average molecular weight is 238 g/mol. The van der Waals surface area contributed by atoms with E-state index in [0.29, 0.717) is 11.3 Å². The zero-order valence-electron chi connectivity index (χ0n) is 8.79. The summed E-state index contributed by atoms with van der Waals surface area (Å²) in [4.78, 5) is 10.6. The zero-order chi connectivity index (χ0) is 12.0. The lowest BCUT2D eigenvalue weighted by Crippen LogP contribution is -1.90. The maximum atomic E-state index is 13.2. The monoisotopic (exact) mass is 238 g/mol. The Balaban J connectivity index is 2.67. The molecule has 16 heavy (non-hydrogen) atoms. The molecular weight excluding hydrogens is 227 g/mol. The van der Waals surface area contributed by atoms with Gasteiger partial charge in [-0.15, -0.1) is 0 Å². The van der Waals surface area contributed by atoms with Crippen molar-refractivity contribution in [2.45, 2.75) is 13.5 Å². The van der Waals surface area contributed by atoms with Gasteiger partial charge in [-0.3, -0.25) is 4.79 Å². The summed E-state index contributed by atoms with van der Waals surface area (Å²) >= 11 is 1.12. The van der Waals surface area contributed by atoms with Crippen LogP contribution < -0.4 is 0 Å². The standard InChI is InChI=1S/C12H11FO2S/c1-9(15)16-6-2-3-10-4-5-11(8-14)12(13)7-10/h4-5,7,14H,6,8H2,1H3. The minimum absolute atomic E-state index is 0.0103. The van der Waals surface area contributed by atoms with Crippen LogP contribution in [0.2, 0.25) is 0 Å². The van der Waals surface area contributed by atoms with Gasteiger partial charge in [0.05, 0.1) is 12.4 Å². The second-order valence-corrected chi connectivity index (χ2v) is 4.20. The summed E-state index contributed by atoms with van der Waals surface area (Å²) in [5.74, 6) is 5.45. The molecule has 84 valence electrons. The minimum atomic E-state index is -0.464. The molecule has 0 atom stereocenters. The number of aliphatic hydroxyl groups is 1. The molecule has 0 bridgehead atoms. The first-order valence-corrected chi connectivity index (χ1v) is 5.63. The summed E-state index contributed by atoms with van der Waals surface area (Å²) in [6, 6.07) is 4.41. The maximum absolute atomic E-state index is 13.2. The van der Waals surface area contributed by atoms with Crippen molar-refractivity contribution < 1.29 is 14.3 Å². The number of carbonyl (C=O) groups excluding carboxylic acids is 1. The predicted octanol–water partition coefficient (Wildman–Crippen LogP) is 1.95. The van der Waals surface area contributed by atoms with Crippen LogP contribution in [-0.2, 0) is 11.4 Å². The molecule has 0 saturated heterocycles. The summed E-state index contributed by atoms with van der Waals surface area (Å²) in [7, 11) is 0. The molecular formula is C12H11FO2S. The Kier molecular flexibility index (Phi) is 5.03. The molecule has 1 aromatic carbocycles. The summed E-state index contributed by atoms with van der Waals surface area (Å²) in [6.45, 7) is 1.15. The molecule has 0 radical (unpaired) electrons. The highest BCUT2D eigenvalue weighted by molar-refractivity contribution is 8.13. The van der Waals surface area contributed by atoms with Gasteiger partial charge >= 0.3 is 0 Å². The Hall–Kier alpha value is -1.31. The van der Waals surface area contributed by atoms with Crippen LogP contribution in [-0.4, -0.2) is 16.0 Å². The Bertz CT molecular complexity index is 446. The number of carbonyl (C=O) groups is 1. The van der Waals surface area contributed by atoms with E-state index in [1.54, 1.807) is 6.07 Å². The van der Waals surface area contributed by atoms with Crippen molar-refractivity contribution in [1.29, 1.82) is 0 Å². The summed E-state index contributed by atoms with van der Waals surface area (Å²) < 4.78 is 13.2. The first-order chi connectivity index (χ1) is 7.63. The van der Waals surface area contributed by atoms with Crippen LogP contribution in [0.15, 0.2) is 18.2 Å². The highest BCUT2D eigenvalue weighted by Gasteiger charge is 2.00. The topological polar surface area (TPSA) is 37.3 Å². The van der Waals surface area contributed by atoms with Crippen molar-refractivity contribution in [1.82, 2.24) is 0 Å². The van der Waals surface area contributed by atoms with E-state index in [4.69, 9.17) is 5.11 Å². The number of thioether (sulfide) groups is 1. The van der Waals surface area contributed by atoms with E-state index in [1.807, 2.05) is 0 Å². The van der Waals surface area contributed by atoms with Gasteiger partial charge in [-0.2, -0.15) is 0 Å². The van der Waals surface area contributed by atoms with Crippen LogP contribution in [0.4, 0.5) is 4.39 Å². The van der Waals surface area contributed by atoms with Gasteiger partial charge in [0, 0.05) is 18.1 Å². The Labute approximate surface area is 97.9 Å². The van der Waals surface area contributed by atoms with Crippen LogP contribution in [0.5, 0.6) is 0 Å². The number of benzene rings is 1. The number of hydrogen-bond donors (Lipinski definition) is 1. The van der Waals surface area contributed by atoms with Crippen LogP contribution in [0.3, 0.4) is 0 Å². The molecule has 0 amide bonds. The highest BCUT2D eigenvalue weighted by Crippen LogP contribution is 2.09. The van der Waals surface area contributed by atoms with E-state index in [1.165, 1.54) is 19.1 Å². The average Bonchev–Trinajstić information content (AvgIpc) is 2.24. The normalized spacial score (nSPS) is 9.44. The molecule has 1 aromatic rings. The fraction of sp³-hybridized carbons (Fsp3) is 0.250. The molecule has 1 N–H and O–H groups in total. The number of halogens is 1. The first-order valence-electron chi connectivity index (χ1n) is 4.65. The van der Waals surface area contributed by atoms with Crippen molar-refractivity contribution in [2.75, 3.05) is 5.75 Å². The van der Waals surface area contributed by atoms with Gasteiger partial charge in [-0.25, -0.2) is 4.39 Å². The molecule has 0 spiro atoms. The van der Waals surface area contributed by atoms with E-state index in [9.17, 15) is 9.18 Å². The third kappa shape index (κ3) is 4.05. The van der Waals surface area contributed by atoms with Crippen molar-refractivity contribution in [3.8, 4) is 11.8 Å². The van der Waals surface area contributed by atoms with Gasteiger partial charge in [0.2, 0.25) is 0 Å². The molecule has 0 unspecified atom stereocenters. The van der Waals surface area contributed by atoms with E-state index in [0.717, 1.165) is 11.8 Å². The lowest BCUT2D eigenvalue weighted by Gasteiger charge is -1.98. The quantitative estimate of drug-likeness (QED) is 0.800. The molecule has 1 rings (SSSR count). The summed E-state index contributed by atoms with van der Waals surface area (Å²) in [5, 5.41) is 8.78. The summed E-state index contributed by atoms with van der Waals surface area (Å²) in [5.41, 5.74) is 0.794. The van der Waals surface area contributed by atoms with E-state index >= 15 is 0 Å². The van der Waals surface area contributed by atoms with E-state index in [-0.39, 0.29) is 17.3 Å². The van der Waals surface area contributed by atoms with Crippen LogP contribution >= 0.6 is 11.8 Å². The van der Waals surface area contributed by atoms with Gasteiger partial charge in [-0.1, -0.05) is 29.7 Å². The fourth-order valence-electron chi connectivity index (χ4n) is 1.03. The fourth-order valence-corrected chi connectivity index (χ4v) is 1.38. The third-order valence-corrected chi connectivity index (χ3v) is 2.50. The molecule has 0 aliphatic rings. The Morgan fingerprint density at radius 2 is 2.31 bits per heavy atom. The third-order valence-electron chi connectivity index (χ3n) is 1.80. The second kappa shape index (κ2) is 6.31. The largest absolute Gasteiger partial charge is 0.392 e. The predicted molar refractivity (Wildman–Crippen MR) is 62.3 cm³/mol.